The Labute approximate surface area is 140 Å². The molecule has 2 aliphatic rings. The summed E-state index contributed by atoms with van der Waals surface area (Å²) in [4.78, 5) is 6.83. The minimum Gasteiger partial charge on any atom is -0.295 e. The molecule has 1 saturated carbocycles. The summed E-state index contributed by atoms with van der Waals surface area (Å²) in [6.45, 7) is 4.46. The monoisotopic (exact) mass is 349 g/mol. The summed E-state index contributed by atoms with van der Waals surface area (Å²) in [5.74, 6) is 0.419. The standard InChI is InChI=1S/C16H19N3O2S2/c1-12-4-2-5-14(17-12)10-19-9-13-8-16(13,11-19)18-23(20,21)15-6-3-7-22-15/h2-7,13,18H,8-11H2,1H3/t13-,16-/m0/s1. The van der Waals surface area contributed by atoms with Crippen LogP contribution in [0.3, 0.4) is 0 Å². The predicted molar refractivity (Wildman–Crippen MR) is 89.7 cm³/mol. The van der Waals surface area contributed by atoms with E-state index >= 15 is 0 Å². The fourth-order valence-corrected chi connectivity index (χ4v) is 5.97. The van der Waals surface area contributed by atoms with Crippen LogP contribution in [-0.2, 0) is 16.6 Å². The number of nitrogens with one attached hydrogen (secondary N) is 1. The fraction of sp³-hybridized carbons (Fsp3) is 0.438. The summed E-state index contributed by atoms with van der Waals surface area (Å²) in [5.41, 5.74) is 1.79. The van der Waals surface area contributed by atoms with Crippen LogP contribution < -0.4 is 4.72 Å². The van der Waals surface area contributed by atoms with Gasteiger partial charge in [-0.15, -0.1) is 11.3 Å². The van der Waals surface area contributed by atoms with Crippen molar-refractivity contribution in [2.45, 2.75) is 29.6 Å². The van der Waals surface area contributed by atoms with Crippen LogP contribution in [0.1, 0.15) is 17.8 Å². The van der Waals surface area contributed by atoms with E-state index < -0.39 is 10.0 Å². The van der Waals surface area contributed by atoms with Gasteiger partial charge < -0.3 is 0 Å². The number of sulfonamides is 1. The van der Waals surface area contributed by atoms with Gasteiger partial charge in [0, 0.05) is 25.3 Å². The van der Waals surface area contributed by atoms with E-state index in [1.165, 1.54) is 11.3 Å². The summed E-state index contributed by atoms with van der Waals surface area (Å²) < 4.78 is 28.3. The summed E-state index contributed by atoms with van der Waals surface area (Å²) in [5, 5.41) is 1.79. The molecule has 2 aromatic rings. The second-order valence-electron chi connectivity index (χ2n) is 6.53. The van der Waals surface area contributed by atoms with Gasteiger partial charge in [-0.2, -0.15) is 0 Å². The number of nitrogens with zero attached hydrogens (tertiary/aromatic N) is 2. The second kappa shape index (κ2) is 5.37. The zero-order valence-electron chi connectivity index (χ0n) is 12.9. The highest BCUT2D eigenvalue weighted by molar-refractivity contribution is 7.91. The third kappa shape index (κ3) is 2.94. The molecule has 1 saturated heterocycles. The van der Waals surface area contributed by atoms with Crippen molar-refractivity contribution in [3.8, 4) is 0 Å². The van der Waals surface area contributed by atoms with E-state index in [1.54, 1.807) is 17.5 Å². The van der Waals surface area contributed by atoms with Crippen LogP contribution in [0, 0.1) is 12.8 Å². The van der Waals surface area contributed by atoms with E-state index in [4.69, 9.17) is 0 Å². The van der Waals surface area contributed by atoms with Crippen molar-refractivity contribution in [3.05, 3.63) is 47.1 Å². The highest BCUT2D eigenvalue weighted by Gasteiger charge is 2.61. The average molecular weight is 349 g/mol. The highest BCUT2D eigenvalue weighted by Crippen LogP contribution is 2.50. The molecule has 3 heterocycles. The third-order valence-corrected chi connectivity index (χ3v) is 7.60. The molecule has 7 heteroatoms. The Hall–Kier alpha value is -1.28. The number of hydrogen-bond donors (Lipinski definition) is 1. The molecule has 0 unspecified atom stereocenters. The Morgan fingerprint density at radius 1 is 1.39 bits per heavy atom. The van der Waals surface area contributed by atoms with Gasteiger partial charge >= 0.3 is 0 Å². The Morgan fingerprint density at radius 3 is 3.00 bits per heavy atom. The van der Waals surface area contributed by atoms with Crippen molar-refractivity contribution in [1.29, 1.82) is 0 Å². The van der Waals surface area contributed by atoms with E-state index in [9.17, 15) is 8.42 Å². The van der Waals surface area contributed by atoms with Gasteiger partial charge in [0.15, 0.2) is 0 Å². The number of thiophene rings is 1. The lowest BCUT2D eigenvalue weighted by molar-refractivity contribution is 0.283. The Kier molecular flexibility index (Phi) is 3.57. The molecule has 1 aliphatic carbocycles. The maximum atomic E-state index is 12.5. The lowest BCUT2D eigenvalue weighted by Crippen LogP contribution is -2.41. The summed E-state index contributed by atoms with van der Waals surface area (Å²) >= 11 is 1.26. The first-order chi connectivity index (χ1) is 11.0. The molecule has 0 amide bonds. The number of likely N-dealkylation sites (tertiary alicyclic amines) is 1. The first-order valence-electron chi connectivity index (χ1n) is 7.69. The molecule has 5 nitrogen and oxygen atoms in total. The van der Waals surface area contributed by atoms with E-state index in [0.717, 1.165) is 37.4 Å². The number of pyridine rings is 1. The fourth-order valence-electron chi connectivity index (χ4n) is 3.52. The van der Waals surface area contributed by atoms with Crippen molar-refractivity contribution >= 4 is 21.4 Å². The number of fused-ring (bicyclic) bond motifs is 1. The van der Waals surface area contributed by atoms with Crippen molar-refractivity contribution in [1.82, 2.24) is 14.6 Å². The SMILES string of the molecule is Cc1cccc(CN2C[C@@H]3C[C@]3(NS(=O)(=O)c3cccs3)C2)n1. The van der Waals surface area contributed by atoms with Gasteiger partial charge in [-0.3, -0.25) is 9.88 Å². The normalized spacial score (nSPS) is 27.1. The molecule has 0 spiro atoms. The lowest BCUT2D eigenvalue weighted by atomic mass is 10.2. The maximum absolute atomic E-state index is 12.5. The Bertz CT molecular complexity index is 820. The van der Waals surface area contributed by atoms with Crippen LogP contribution >= 0.6 is 11.3 Å². The molecule has 2 atom stereocenters. The van der Waals surface area contributed by atoms with Gasteiger partial charge in [-0.25, -0.2) is 13.1 Å². The van der Waals surface area contributed by atoms with Gasteiger partial charge in [0.1, 0.15) is 4.21 Å². The third-order valence-electron chi connectivity index (χ3n) is 4.65. The number of hydrogen-bond acceptors (Lipinski definition) is 5. The van der Waals surface area contributed by atoms with Gasteiger partial charge in [0.25, 0.3) is 10.0 Å². The second-order valence-corrected chi connectivity index (χ2v) is 9.39. The summed E-state index contributed by atoms with van der Waals surface area (Å²) in [7, 11) is -3.39. The van der Waals surface area contributed by atoms with Crippen molar-refractivity contribution in [3.63, 3.8) is 0 Å². The van der Waals surface area contributed by atoms with Gasteiger partial charge in [0.05, 0.1) is 11.2 Å². The largest absolute Gasteiger partial charge is 0.295 e. The van der Waals surface area contributed by atoms with Crippen LogP contribution in [0.4, 0.5) is 0 Å². The average Bonchev–Trinajstić information content (AvgIpc) is 2.89. The van der Waals surface area contributed by atoms with E-state index in [0.29, 0.717) is 10.1 Å². The van der Waals surface area contributed by atoms with E-state index in [-0.39, 0.29) is 5.54 Å². The quantitative estimate of drug-likeness (QED) is 0.897. The molecule has 2 fully saturated rings. The van der Waals surface area contributed by atoms with E-state index in [1.807, 2.05) is 25.1 Å². The Morgan fingerprint density at radius 2 is 2.26 bits per heavy atom. The van der Waals surface area contributed by atoms with Crippen molar-refractivity contribution < 1.29 is 8.42 Å². The molecule has 122 valence electrons. The highest BCUT2D eigenvalue weighted by atomic mass is 32.2. The van der Waals surface area contributed by atoms with E-state index in [2.05, 4.69) is 14.6 Å². The molecule has 0 aromatic carbocycles. The van der Waals surface area contributed by atoms with Crippen molar-refractivity contribution in [2.75, 3.05) is 13.1 Å². The summed E-state index contributed by atoms with van der Waals surface area (Å²) in [6, 6.07) is 9.46. The van der Waals surface area contributed by atoms with Crippen molar-refractivity contribution in [2.24, 2.45) is 5.92 Å². The van der Waals surface area contributed by atoms with Gasteiger partial charge in [-0.05, 0) is 42.8 Å². The molecule has 23 heavy (non-hydrogen) atoms. The molecule has 1 aliphatic heterocycles. The first-order valence-corrected chi connectivity index (χ1v) is 10.1. The minimum atomic E-state index is -3.39. The molecule has 2 aromatic heterocycles. The predicted octanol–water partition coefficient (Wildman–Crippen LogP) is 2.00. The molecule has 0 bridgehead atoms. The summed E-state index contributed by atoms with van der Waals surface area (Å²) in [6.07, 6.45) is 0.940. The molecular weight excluding hydrogens is 330 g/mol. The van der Waals surface area contributed by atoms with Crippen LogP contribution in [0.5, 0.6) is 0 Å². The zero-order valence-corrected chi connectivity index (χ0v) is 14.5. The zero-order chi connectivity index (χ0) is 16.1. The lowest BCUT2D eigenvalue weighted by Gasteiger charge is -2.21. The maximum Gasteiger partial charge on any atom is 0.250 e. The number of rotatable bonds is 5. The number of piperidine rings is 1. The topological polar surface area (TPSA) is 62.3 Å². The molecule has 1 N–H and O–H groups in total. The minimum absolute atomic E-state index is 0.271. The molecule has 0 radical (unpaired) electrons. The molecule has 4 rings (SSSR count). The van der Waals surface area contributed by atoms with Crippen LogP contribution in [-0.4, -0.2) is 36.9 Å². The van der Waals surface area contributed by atoms with Gasteiger partial charge in [-0.1, -0.05) is 12.1 Å². The van der Waals surface area contributed by atoms with Gasteiger partial charge in [0.2, 0.25) is 0 Å². The van der Waals surface area contributed by atoms with Crippen LogP contribution in [0.15, 0.2) is 39.9 Å². The smallest absolute Gasteiger partial charge is 0.250 e. The first kappa shape index (κ1) is 15.3. The van der Waals surface area contributed by atoms with Crippen LogP contribution in [0.25, 0.3) is 0 Å². The molecular formula is C16H19N3O2S2. The Balaban J connectivity index is 1.44. The van der Waals surface area contributed by atoms with Crippen LogP contribution in [0.2, 0.25) is 0 Å². The number of aryl methyl sites for hydroxylation is 1. The number of aromatic nitrogens is 1.